The number of methoxy groups -OCH3 is 1. The van der Waals surface area contributed by atoms with E-state index >= 15 is 0 Å². The zero-order valence-corrected chi connectivity index (χ0v) is 10.3. The summed E-state index contributed by atoms with van der Waals surface area (Å²) in [6, 6.07) is 5.53. The molecule has 1 rings (SSSR count). The van der Waals surface area contributed by atoms with Gasteiger partial charge in [-0.05, 0) is 24.5 Å². The number of nitrogens with one attached hydrogen (secondary N) is 1. The van der Waals surface area contributed by atoms with Gasteiger partial charge in [-0.15, -0.1) is 11.8 Å². The van der Waals surface area contributed by atoms with Crippen molar-refractivity contribution in [1.29, 1.82) is 0 Å². The first-order valence-corrected chi connectivity index (χ1v) is 6.19. The van der Waals surface area contributed by atoms with Gasteiger partial charge < -0.3 is 10.1 Å². The third-order valence-corrected chi connectivity index (χ3v) is 2.89. The Labute approximate surface area is 99.0 Å². The molecule has 1 N–H and O–H groups in total. The Balaban J connectivity index is 2.92. The van der Waals surface area contributed by atoms with Crippen molar-refractivity contribution >= 4 is 36.0 Å². The number of rotatable bonds is 4. The summed E-state index contributed by atoms with van der Waals surface area (Å²) in [7, 11) is 1.62. The molecule has 3 nitrogen and oxygen atoms in total. The first-order chi connectivity index (χ1) is 7.21. The number of hydrogen-bond donors (Lipinski definition) is 2. The Morgan fingerprint density at radius 1 is 1.60 bits per heavy atom. The van der Waals surface area contributed by atoms with Crippen LogP contribution in [0.15, 0.2) is 23.1 Å². The van der Waals surface area contributed by atoms with E-state index < -0.39 is 0 Å². The van der Waals surface area contributed by atoms with E-state index in [9.17, 15) is 4.79 Å². The number of thioether (sulfide) groups is 1. The molecule has 15 heavy (non-hydrogen) atoms. The monoisotopic (exact) mass is 243 g/mol. The maximum atomic E-state index is 11.2. The van der Waals surface area contributed by atoms with Crippen molar-refractivity contribution in [2.75, 3.05) is 24.4 Å². The van der Waals surface area contributed by atoms with Crippen LogP contribution in [0.4, 0.5) is 5.69 Å². The van der Waals surface area contributed by atoms with Gasteiger partial charge in [0.2, 0.25) is 5.91 Å². The SMILES string of the molecule is COc1ccc(NC(=O)CS)c(SC)c1. The van der Waals surface area contributed by atoms with Crippen LogP contribution in [-0.2, 0) is 4.79 Å². The number of anilines is 1. The van der Waals surface area contributed by atoms with Crippen molar-refractivity contribution in [3.8, 4) is 5.75 Å². The van der Waals surface area contributed by atoms with Gasteiger partial charge in [0.15, 0.2) is 0 Å². The second-order valence-corrected chi connectivity index (χ2v) is 3.94. The molecule has 0 radical (unpaired) electrons. The Morgan fingerprint density at radius 2 is 2.33 bits per heavy atom. The number of benzene rings is 1. The Morgan fingerprint density at radius 3 is 2.87 bits per heavy atom. The highest BCUT2D eigenvalue weighted by atomic mass is 32.2. The number of hydrogen-bond acceptors (Lipinski definition) is 4. The number of amides is 1. The van der Waals surface area contributed by atoms with E-state index in [1.54, 1.807) is 18.9 Å². The lowest BCUT2D eigenvalue weighted by atomic mass is 10.3. The summed E-state index contributed by atoms with van der Waals surface area (Å²) in [5.41, 5.74) is 0.794. The lowest BCUT2D eigenvalue weighted by Gasteiger charge is -2.10. The molecule has 0 saturated carbocycles. The molecule has 1 aromatic carbocycles. The predicted molar refractivity (Wildman–Crippen MR) is 67.3 cm³/mol. The van der Waals surface area contributed by atoms with Crippen LogP contribution in [0.25, 0.3) is 0 Å². The minimum atomic E-state index is -0.112. The molecule has 1 amide bonds. The van der Waals surface area contributed by atoms with E-state index in [0.717, 1.165) is 16.3 Å². The second-order valence-electron chi connectivity index (χ2n) is 2.77. The molecule has 0 heterocycles. The van der Waals surface area contributed by atoms with Gasteiger partial charge in [0, 0.05) is 4.90 Å². The van der Waals surface area contributed by atoms with E-state index in [2.05, 4.69) is 17.9 Å². The largest absolute Gasteiger partial charge is 0.497 e. The van der Waals surface area contributed by atoms with Gasteiger partial charge in [0.05, 0.1) is 18.6 Å². The van der Waals surface area contributed by atoms with Crippen LogP contribution in [0.5, 0.6) is 5.75 Å². The minimum absolute atomic E-state index is 0.112. The van der Waals surface area contributed by atoms with Gasteiger partial charge in [-0.2, -0.15) is 12.6 Å². The highest BCUT2D eigenvalue weighted by Gasteiger charge is 2.06. The predicted octanol–water partition coefficient (Wildman–Crippen LogP) is 2.29. The molecule has 5 heteroatoms. The van der Waals surface area contributed by atoms with Crippen LogP contribution in [-0.4, -0.2) is 25.0 Å². The van der Waals surface area contributed by atoms with E-state index in [1.165, 1.54) is 0 Å². The normalized spacial score (nSPS) is 9.80. The quantitative estimate of drug-likeness (QED) is 0.629. The fraction of sp³-hybridized carbons (Fsp3) is 0.300. The van der Waals surface area contributed by atoms with Crippen LogP contribution in [0.3, 0.4) is 0 Å². The molecule has 0 aliphatic rings. The van der Waals surface area contributed by atoms with Crippen LogP contribution < -0.4 is 10.1 Å². The van der Waals surface area contributed by atoms with E-state index in [-0.39, 0.29) is 11.7 Å². The smallest absolute Gasteiger partial charge is 0.234 e. The van der Waals surface area contributed by atoms with Crippen molar-refractivity contribution in [2.24, 2.45) is 0 Å². The van der Waals surface area contributed by atoms with E-state index in [4.69, 9.17) is 4.74 Å². The standard InChI is InChI=1S/C10H13NO2S2/c1-13-7-3-4-8(9(5-7)15-2)11-10(12)6-14/h3-5,14H,6H2,1-2H3,(H,11,12). The molecule has 0 atom stereocenters. The third kappa shape index (κ3) is 3.35. The Bertz CT molecular complexity index is 355. The maximum Gasteiger partial charge on any atom is 0.234 e. The molecular formula is C10H13NO2S2. The molecule has 1 aromatic rings. The molecule has 0 saturated heterocycles. The summed E-state index contributed by atoms with van der Waals surface area (Å²) >= 11 is 5.46. The molecule has 82 valence electrons. The molecule has 0 aliphatic heterocycles. The number of ether oxygens (including phenoxy) is 1. The lowest BCUT2D eigenvalue weighted by Crippen LogP contribution is -2.13. The first-order valence-electron chi connectivity index (χ1n) is 4.34. The van der Waals surface area contributed by atoms with Crippen molar-refractivity contribution in [2.45, 2.75) is 4.90 Å². The highest BCUT2D eigenvalue weighted by molar-refractivity contribution is 7.98. The topological polar surface area (TPSA) is 38.3 Å². The Kier molecular flexibility index (Phi) is 4.84. The van der Waals surface area contributed by atoms with Crippen molar-refractivity contribution < 1.29 is 9.53 Å². The summed E-state index contributed by atoms with van der Waals surface area (Å²) in [5.74, 6) is 0.849. The Hall–Kier alpha value is -0.810. The van der Waals surface area contributed by atoms with Gasteiger partial charge in [-0.1, -0.05) is 0 Å². The first kappa shape index (κ1) is 12.3. The number of thiol groups is 1. The van der Waals surface area contributed by atoms with Crippen molar-refractivity contribution in [1.82, 2.24) is 0 Å². The van der Waals surface area contributed by atoms with Gasteiger partial charge >= 0.3 is 0 Å². The van der Waals surface area contributed by atoms with Gasteiger partial charge in [-0.3, -0.25) is 4.79 Å². The van der Waals surface area contributed by atoms with Crippen LogP contribution in [0.1, 0.15) is 0 Å². The number of carbonyl (C=O) groups excluding carboxylic acids is 1. The van der Waals surface area contributed by atoms with Crippen LogP contribution in [0, 0.1) is 0 Å². The summed E-state index contributed by atoms with van der Waals surface area (Å²) in [4.78, 5) is 12.2. The molecular weight excluding hydrogens is 230 g/mol. The average Bonchev–Trinajstić information content (AvgIpc) is 2.29. The molecule has 0 aliphatic carbocycles. The fourth-order valence-electron chi connectivity index (χ4n) is 1.09. The molecule has 0 bridgehead atoms. The zero-order valence-electron chi connectivity index (χ0n) is 8.61. The van der Waals surface area contributed by atoms with Gasteiger partial charge in [0.25, 0.3) is 0 Å². The molecule has 0 spiro atoms. The van der Waals surface area contributed by atoms with E-state index in [1.807, 2.05) is 24.5 Å². The molecule has 0 unspecified atom stereocenters. The summed E-state index contributed by atoms with van der Waals surface area (Å²) in [6.07, 6.45) is 1.95. The minimum Gasteiger partial charge on any atom is -0.497 e. The summed E-state index contributed by atoms with van der Waals surface area (Å²) < 4.78 is 5.10. The molecule has 0 fully saturated rings. The van der Waals surface area contributed by atoms with Crippen molar-refractivity contribution in [3.05, 3.63) is 18.2 Å². The molecule has 0 aromatic heterocycles. The van der Waals surface area contributed by atoms with Gasteiger partial charge in [0.1, 0.15) is 5.75 Å². The number of carbonyl (C=O) groups is 1. The lowest BCUT2D eigenvalue weighted by molar-refractivity contribution is -0.113. The summed E-state index contributed by atoms with van der Waals surface area (Å²) in [6.45, 7) is 0. The second kappa shape index (κ2) is 5.92. The van der Waals surface area contributed by atoms with Crippen LogP contribution >= 0.6 is 24.4 Å². The maximum absolute atomic E-state index is 11.2. The third-order valence-electron chi connectivity index (χ3n) is 1.83. The summed E-state index contributed by atoms with van der Waals surface area (Å²) in [5, 5.41) is 2.77. The van der Waals surface area contributed by atoms with E-state index in [0.29, 0.717) is 0 Å². The fourth-order valence-corrected chi connectivity index (χ4v) is 1.74. The average molecular weight is 243 g/mol. The van der Waals surface area contributed by atoms with Crippen LogP contribution in [0.2, 0.25) is 0 Å². The van der Waals surface area contributed by atoms with Crippen molar-refractivity contribution in [3.63, 3.8) is 0 Å². The zero-order chi connectivity index (χ0) is 11.3. The highest BCUT2D eigenvalue weighted by Crippen LogP contribution is 2.29. The van der Waals surface area contributed by atoms with Gasteiger partial charge in [-0.25, -0.2) is 0 Å².